The highest BCUT2D eigenvalue weighted by Crippen LogP contribution is 2.38. The molecule has 0 aliphatic heterocycles. The van der Waals surface area contributed by atoms with Crippen molar-refractivity contribution in [3.05, 3.63) is 83.4 Å². The van der Waals surface area contributed by atoms with E-state index < -0.39 is 5.91 Å². The van der Waals surface area contributed by atoms with Gasteiger partial charge in [-0.15, -0.1) is 16.5 Å². The smallest absolute Gasteiger partial charge is 0.259 e. The lowest BCUT2D eigenvalue weighted by Gasteiger charge is -2.18. The van der Waals surface area contributed by atoms with E-state index >= 15 is 0 Å². The van der Waals surface area contributed by atoms with E-state index in [1.807, 2.05) is 86.6 Å². The van der Waals surface area contributed by atoms with E-state index in [2.05, 4.69) is 20.5 Å². The zero-order valence-electron chi connectivity index (χ0n) is 19.5. The summed E-state index contributed by atoms with van der Waals surface area (Å²) >= 11 is 1.60. The molecule has 1 aromatic heterocycles. The van der Waals surface area contributed by atoms with E-state index in [0.717, 1.165) is 20.9 Å². The van der Waals surface area contributed by atoms with Crippen LogP contribution in [0.1, 0.15) is 15.4 Å². The second-order valence-electron chi connectivity index (χ2n) is 8.29. The van der Waals surface area contributed by atoms with Crippen LogP contribution in [0.15, 0.2) is 83.0 Å². The van der Waals surface area contributed by atoms with Gasteiger partial charge in [0.2, 0.25) is 0 Å². The Bertz CT molecular complexity index is 1610. The molecule has 1 heterocycles. The Labute approximate surface area is 206 Å². The van der Waals surface area contributed by atoms with Crippen molar-refractivity contribution in [1.29, 1.82) is 0 Å². The lowest BCUT2D eigenvalue weighted by molar-refractivity contribution is 0.102. The van der Waals surface area contributed by atoms with E-state index in [-0.39, 0.29) is 11.3 Å². The van der Waals surface area contributed by atoms with Crippen LogP contribution in [0.2, 0.25) is 0 Å². The van der Waals surface area contributed by atoms with Gasteiger partial charge < -0.3 is 15.3 Å². The molecule has 35 heavy (non-hydrogen) atoms. The zero-order chi connectivity index (χ0) is 24.5. The molecule has 0 aliphatic carbocycles. The van der Waals surface area contributed by atoms with Gasteiger partial charge in [-0.05, 0) is 43.3 Å². The van der Waals surface area contributed by atoms with E-state index in [0.29, 0.717) is 27.8 Å². The molecule has 0 radical (unpaired) electrons. The largest absolute Gasteiger partial charge is 0.506 e. The molecule has 0 unspecified atom stereocenters. The van der Waals surface area contributed by atoms with Gasteiger partial charge in [-0.1, -0.05) is 36.4 Å². The first-order chi connectivity index (χ1) is 16.9. The van der Waals surface area contributed by atoms with Gasteiger partial charge in [0.05, 0.1) is 43.5 Å². The zero-order valence-corrected chi connectivity index (χ0v) is 20.3. The topological polar surface area (TPSA) is 90.2 Å². The molecule has 1 amide bonds. The number of aryl methyl sites for hydroxylation is 1. The Morgan fingerprint density at radius 3 is 2.51 bits per heavy atom. The number of rotatable bonds is 5. The van der Waals surface area contributed by atoms with Crippen molar-refractivity contribution < 1.29 is 9.90 Å². The molecule has 5 rings (SSSR count). The van der Waals surface area contributed by atoms with Crippen LogP contribution >= 0.6 is 11.3 Å². The molecular weight excluding hydrogens is 458 g/mol. The Kier molecular flexibility index (Phi) is 5.88. The van der Waals surface area contributed by atoms with Crippen LogP contribution in [0.3, 0.4) is 0 Å². The van der Waals surface area contributed by atoms with Gasteiger partial charge in [-0.2, -0.15) is 5.11 Å². The number of hydrogen-bond acceptors (Lipinski definition) is 7. The van der Waals surface area contributed by atoms with E-state index in [1.54, 1.807) is 23.5 Å². The van der Waals surface area contributed by atoms with Crippen LogP contribution in [0, 0.1) is 6.92 Å². The highest BCUT2D eigenvalue weighted by Gasteiger charge is 2.18. The number of phenols is 1. The van der Waals surface area contributed by atoms with Gasteiger partial charge in [0.15, 0.2) is 0 Å². The summed E-state index contributed by atoms with van der Waals surface area (Å²) in [6, 6.07) is 22.1. The molecule has 0 aliphatic rings. The number of phenolic OH excluding ortho intramolecular Hbond substituents is 1. The maximum Gasteiger partial charge on any atom is 0.259 e. The van der Waals surface area contributed by atoms with Crippen LogP contribution in [0.4, 0.5) is 22.7 Å². The normalized spacial score (nSPS) is 11.4. The predicted octanol–water partition coefficient (Wildman–Crippen LogP) is 7.20. The van der Waals surface area contributed by atoms with Gasteiger partial charge in [0.25, 0.3) is 5.91 Å². The molecule has 174 valence electrons. The average molecular weight is 482 g/mol. The number of fused-ring (bicyclic) bond motifs is 2. The number of carbonyl (C=O) groups is 1. The van der Waals surface area contributed by atoms with E-state index in [4.69, 9.17) is 0 Å². The maximum absolute atomic E-state index is 13.3. The number of nitrogens with zero attached hydrogens (tertiary/aromatic N) is 4. The minimum Gasteiger partial charge on any atom is -0.506 e. The summed E-state index contributed by atoms with van der Waals surface area (Å²) in [5, 5.41) is 25.0. The van der Waals surface area contributed by atoms with Crippen LogP contribution in [-0.2, 0) is 0 Å². The molecule has 0 fully saturated rings. The molecule has 0 saturated carbocycles. The predicted molar refractivity (Wildman–Crippen MR) is 143 cm³/mol. The molecule has 0 atom stereocenters. The number of benzene rings is 4. The minimum atomic E-state index is -0.430. The van der Waals surface area contributed by atoms with Crippen molar-refractivity contribution in [2.75, 3.05) is 24.3 Å². The highest BCUT2D eigenvalue weighted by atomic mass is 32.1. The number of carbonyl (C=O) groups excluding carboxylic acids is 1. The number of hydrogen-bond donors (Lipinski definition) is 2. The van der Waals surface area contributed by atoms with Crippen molar-refractivity contribution >= 4 is 61.0 Å². The van der Waals surface area contributed by atoms with Crippen LogP contribution in [-0.4, -0.2) is 30.1 Å². The number of thiazole rings is 1. The fourth-order valence-corrected chi connectivity index (χ4v) is 4.82. The van der Waals surface area contributed by atoms with Gasteiger partial charge in [0.1, 0.15) is 5.75 Å². The molecule has 0 saturated heterocycles. The Balaban J connectivity index is 1.55. The first-order valence-corrected chi connectivity index (χ1v) is 11.8. The number of amides is 1. The number of para-hydroxylation sites is 2. The maximum atomic E-state index is 13.3. The van der Waals surface area contributed by atoms with Gasteiger partial charge in [-0.3, -0.25) is 4.79 Å². The average Bonchev–Trinajstić information content (AvgIpc) is 3.23. The second kappa shape index (κ2) is 9.15. The van der Waals surface area contributed by atoms with Crippen molar-refractivity contribution in [3.63, 3.8) is 0 Å². The fraction of sp³-hybridized carbons (Fsp3) is 0.111. The summed E-state index contributed by atoms with van der Waals surface area (Å²) < 4.78 is 1.04. The quantitative estimate of drug-likeness (QED) is 0.260. The SMILES string of the molecule is Cc1nc2ccc(N=Nc3cc(C(=O)Nc4ccccc4N(C)C)c(O)c4ccccc34)cc2s1. The summed E-state index contributed by atoms with van der Waals surface area (Å²) in [6.45, 7) is 1.97. The molecule has 5 aromatic rings. The molecule has 0 bridgehead atoms. The third-order valence-electron chi connectivity index (χ3n) is 5.63. The number of aromatic hydroxyl groups is 1. The number of azo groups is 1. The van der Waals surface area contributed by atoms with Crippen LogP contribution in [0.25, 0.3) is 21.0 Å². The molecule has 0 spiro atoms. The third-order valence-corrected chi connectivity index (χ3v) is 6.56. The molecule has 7 nitrogen and oxygen atoms in total. The third kappa shape index (κ3) is 4.43. The van der Waals surface area contributed by atoms with Gasteiger partial charge in [-0.25, -0.2) is 4.98 Å². The highest BCUT2D eigenvalue weighted by molar-refractivity contribution is 7.18. The summed E-state index contributed by atoms with van der Waals surface area (Å²) in [4.78, 5) is 19.7. The summed E-state index contributed by atoms with van der Waals surface area (Å²) in [6.07, 6.45) is 0. The van der Waals surface area contributed by atoms with E-state index in [1.165, 1.54) is 0 Å². The first kappa shape index (κ1) is 22.5. The van der Waals surface area contributed by atoms with E-state index in [9.17, 15) is 9.90 Å². The van der Waals surface area contributed by atoms with Crippen molar-refractivity contribution in [1.82, 2.24) is 4.98 Å². The van der Waals surface area contributed by atoms with Gasteiger partial charge >= 0.3 is 0 Å². The molecule has 2 N–H and O–H groups in total. The monoisotopic (exact) mass is 481 g/mol. The molecular formula is C27H23N5O2S. The Morgan fingerprint density at radius 1 is 0.971 bits per heavy atom. The summed E-state index contributed by atoms with van der Waals surface area (Å²) in [5.74, 6) is -0.526. The number of nitrogens with one attached hydrogen (secondary N) is 1. The summed E-state index contributed by atoms with van der Waals surface area (Å²) in [7, 11) is 3.81. The minimum absolute atomic E-state index is 0.0964. The standard InChI is InChI=1S/C27H23N5O2S/c1-16-28-22-13-12-17(14-25(22)35-16)30-31-23-15-20(26(33)19-9-5-4-8-18(19)23)27(34)29-21-10-6-7-11-24(21)32(2)3/h4-15,33H,1-3H3,(H,29,34). The van der Waals surface area contributed by atoms with Gasteiger partial charge in [0, 0.05) is 24.9 Å². The molecule has 8 heteroatoms. The molecule has 4 aromatic carbocycles. The van der Waals surface area contributed by atoms with Crippen molar-refractivity contribution in [2.24, 2.45) is 10.2 Å². The van der Waals surface area contributed by atoms with Crippen LogP contribution < -0.4 is 10.2 Å². The lowest BCUT2D eigenvalue weighted by Crippen LogP contribution is -2.16. The second-order valence-corrected chi connectivity index (χ2v) is 9.52. The first-order valence-electron chi connectivity index (χ1n) is 11.0. The van der Waals surface area contributed by atoms with Crippen molar-refractivity contribution in [3.8, 4) is 5.75 Å². The van der Waals surface area contributed by atoms with Crippen molar-refractivity contribution in [2.45, 2.75) is 6.92 Å². The summed E-state index contributed by atoms with van der Waals surface area (Å²) in [5.41, 5.74) is 3.73. The Morgan fingerprint density at radius 2 is 1.71 bits per heavy atom. The number of anilines is 2. The Hall–Kier alpha value is -4.30. The number of aromatic nitrogens is 1. The fourth-order valence-electron chi connectivity index (χ4n) is 3.96. The lowest BCUT2D eigenvalue weighted by atomic mass is 10.0. The van der Waals surface area contributed by atoms with Crippen LogP contribution in [0.5, 0.6) is 5.75 Å².